The molecule has 0 spiro atoms. The highest BCUT2D eigenvalue weighted by molar-refractivity contribution is 9.11. The number of halogens is 2. The number of methoxy groups -OCH3 is 1. The SMILES string of the molecule is C=C(Br)CNCc1cc(Br)ccc1OC. The lowest BCUT2D eigenvalue weighted by atomic mass is 10.2. The van der Waals surface area contributed by atoms with Crippen molar-refractivity contribution in [2.45, 2.75) is 6.54 Å². The van der Waals surface area contributed by atoms with Gasteiger partial charge >= 0.3 is 0 Å². The lowest BCUT2D eigenvalue weighted by Crippen LogP contribution is -2.15. The smallest absolute Gasteiger partial charge is 0.123 e. The molecule has 4 heteroatoms. The number of hydrogen-bond donors (Lipinski definition) is 1. The minimum Gasteiger partial charge on any atom is -0.496 e. The van der Waals surface area contributed by atoms with Crippen molar-refractivity contribution in [2.75, 3.05) is 13.7 Å². The Morgan fingerprint density at radius 3 is 2.87 bits per heavy atom. The van der Waals surface area contributed by atoms with Gasteiger partial charge in [0.1, 0.15) is 5.75 Å². The Hall–Kier alpha value is -0.320. The Labute approximate surface area is 107 Å². The predicted molar refractivity (Wildman–Crippen MR) is 70.5 cm³/mol. The molecular weight excluding hydrogens is 322 g/mol. The minimum absolute atomic E-state index is 0.746. The molecule has 0 heterocycles. The van der Waals surface area contributed by atoms with E-state index in [4.69, 9.17) is 4.74 Å². The number of hydrogen-bond acceptors (Lipinski definition) is 2. The third kappa shape index (κ3) is 4.36. The molecule has 0 aliphatic heterocycles. The second-order valence-corrected chi connectivity index (χ2v) is 5.11. The van der Waals surface area contributed by atoms with E-state index in [9.17, 15) is 0 Å². The topological polar surface area (TPSA) is 21.3 Å². The maximum Gasteiger partial charge on any atom is 0.123 e. The van der Waals surface area contributed by atoms with Crippen LogP contribution < -0.4 is 10.1 Å². The molecule has 15 heavy (non-hydrogen) atoms. The first-order valence-corrected chi connectivity index (χ1v) is 6.08. The van der Waals surface area contributed by atoms with Gasteiger partial charge in [-0.15, -0.1) is 0 Å². The first-order valence-electron chi connectivity index (χ1n) is 4.50. The van der Waals surface area contributed by atoms with Crippen molar-refractivity contribution in [3.63, 3.8) is 0 Å². The highest BCUT2D eigenvalue weighted by Gasteiger charge is 2.02. The molecule has 0 aromatic heterocycles. The molecule has 1 N–H and O–H groups in total. The van der Waals surface area contributed by atoms with Gasteiger partial charge in [0, 0.05) is 27.6 Å². The van der Waals surface area contributed by atoms with Crippen LogP contribution in [0.2, 0.25) is 0 Å². The molecule has 0 amide bonds. The first kappa shape index (κ1) is 12.7. The van der Waals surface area contributed by atoms with Gasteiger partial charge in [0.05, 0.1) is 7.11 Å². The van der Waals surface area contributed by atoms with Crippen LogP contribution in [-0.4, -0.2) is 13.7 Å². The van der Waals surface area contributed by atoms with Crippen LogP contribution in [0.3, 0.4) is 0 Å². The lowest BCUT2D eigenvalue weighted by Gasteiger charge is -2.09. The van der Waals surface area contributed by atoms with Crippen LogP contribution in [0.5, 0.6) is 5.75 Å². The van der Waals surface area contributed by atoms with Crippen LogP contribution in [0, 0.1) is 0 Å². The quantitative estimate of drug-likeness (QED) is 0.890. The summed E-state index contributed by atoms with van der Waals surface area (Å²) in [4.78, 5) is 0. The molecule has 1 aromatic carbocycles. The van der Waals surface area contributed by atoms with E-state index in [1.807, 2.05) is 18.2 Å². The van der Waals surface area contributed by atoms with E-state index in [0.717, 1.165) is 33.4 Å². The maximum atomic E-state index is 5.26. The molecule has 0 saturated carbocycles. The number of nitrogens with one attached hydrogen (secondary N) is 1. The molecule has 0 bridgehead atoms. The molecule has 0 atom stereocenters. The van der Waals surface area contributed by atoms with E-state index in [1.54, 1.807) is 7.11 Å². The fourth-order valence-corrected chi connectivity index (χ4v) is 1.82. The van der Waals surface area contributed by atoms with Gasteiger partial charge in [0.15, 0.2) is 0 Å². The average molecular weight is 335 g/mol. The summed E-state index contributed by atoms with van der Waals surface area (Å²) in [6.07, 6.45) is 0. The van der Waals surface area contributed by atoms with Gasteiger partial charge in [0.2, 0.25) is 0 Å². The highest BCUT2D eigenvalue weighted by atomic mass is 79.9. The van der Waals surface area contributed by atoms with Crippen LogP contribution in [-0.2, 0) is 6.54 Å². The van der Waals surface area contributed by atoms with Gasteiger partial charge in [-0.25, -0.2) is 0 Å². The Morgan fingerprint density at radius 1 is 1.53 bits per heavy atom. The maximum absolute atomic E-state index is 5.26. The van der Waals surface area contributed by atoms with Crippen LogP contribution in [0.4, 0.5) is 0 Å². The second-order valence-electron chi connectivity index (χ2n) is 3.08. The molecular formula is C11H13Br2NO. The van der Waals surface area contributed by atoms with E-state index in [1.165, 1.54) is 0 Å². The summed E-state index contributed by atoms with van der Waals surface area (Å²) in [6, 6.07) is 5.96. The van der Waals surface area contributed by atoms with Crippen LogP contribution >= 0.6 is 31.9 Å². The Morgan fingerprint density at radius 2 is 2.27 bits per heavy atom. The fourth-order valence-electron chi connectivity index (χ4n) is 1.22. The Kier molecular flexibility index (Phi) is 5.36. The normalized spacial score (nSPS) is 10.1. The summed E-state index contributed by atoms with van der Waals surface area (Å²) in [6.45, 7) is 5.26. The summed E-state index contributed by atoms with van der Waals surface area (Å²) < 4.78 is 7.26. The van der Waals surface area contributed by atoms with Crippen molar-refractivity contribution in [1.29, 1.82) is 0 Å². The van der Waals surface area contributed by atoms with E-state index in [2.05, 4.69) is 43.8 Å². The fraction of sp³-hybridized carbons (Fsp3) is 0.273. The van der Waals surface area contributed by atoms with Gasteiger partial charge < -0.3 is 10.1 Å². The molecule has 2 nitrogen and oxygen atoms in total. The molecule has 0 radical (unpaired) electrons. The zero-order chi connectivity index (χ0) is 11.3. The summed E-state index contributed by atoms with van der Waals surface area (Å²) in [7, 11) is 1.68. The van der Waals surface area contributed by atoms with Gasteiger partial charge in [-0.1, -0.05) is 38.4 Å². The number of benzene rings is 1. The van der Waals surface area contributed by atoms with E-state index >= 15 is 0 Å². The monoisotopic (exact) mass is 333 g/mol. The van der Waals surface area contributed by atoms with Crippen LogP contribution in [0.1, 0.15) is 5.56 Å². The zero-order valence-electron chi connectivity index (χ0n) is 8.52. The molecule has 0 fully saturated rings. The second kappa shape index (κ2) is 6.30. The van der Waals surface area contributed by atoms with Crippen LogP contribution in [0.15, 0.2) is 33.7 Å². The average Bonchev–Trinajstić information content (AvgIpc) is 2.17. The van der Waals surface area contributed by atoms with E-state index < -0.39 is 0 Å². The summed E-state index contributed by atoms with van der Waals surface area (Å²) in [5, 5.41) is 3.26. The third-order valence-electron chi connectivity index (χ3n) is 1.87. The van der Waals surface area contributed by atoms with Crippen LogP contribution in [0.25, 0.3) is 0 Å². The third-order valence-corrected chi connectivity index (χ3v) is 2.65. The molecule has 1 rings (SSSR count). The van der Waals surface area contributed by atoms with Crippen molar-refractivity contribution in [1.82, 2.24) is 5.32 Å². The van der Waals surface area contributed by atoms with Gasteiger partial charge in [-0.05, 0) is 18.2 Å². The standard InChI is InChI=1S/C11H13Br2NO/c1-8(12)6-14-7-9-5-10(13)3-4-11(9)15-2/h3-5,14H,1,6-7H2,2H3. The Balaban J connectivity index is 2.65. The lowest BCUT2D eigenvalue weighted by molar-refractivity contribution is 0.408. The summed E-state index contributed by atoms with van der Waals surface area (Å²) in [5.74, 6) is 0.894. The van der Waals surface area contributed by atoms with Crippen molar-refractivity contribution >= 4 is 31.9 Å². The number of rotatable bonds is 5. The summed E-state index contributed by atoms with van der Waals surface area (Å²) >= 11 is 6.74. The predicted octanol–water partition coefficient (Wildman–Crippen LogP) is 3.46. The van der Waals surface area contributed by atoms with Crippen molar-refractivity contribution in [3.05, 3.63) is 39.3 Å². The highest BCUT2D eigenvalue weighted by Crippen LogP contribution is 2.22. The van der Waals surface area contributed by atoms with E-state index in [0.29, 0.717) is 0 Å². The number of ether oxygens (including phenoxy) is 1. The Bertz CT molecular complexity index is 352. The molecule has 0 aliphatic rings. The summed E-state index contributed by atoms with van der Waals surface area (Å²) in [5.41, 5.74) is 1.13. The largest absolute Gasteiger partial charge is 0.496 e. The molecule has 0 aliphatic carbocycles. The van der Waals surface area contributed by atoms with Crippen molar-refractivity contribution < 1.29 is 4.74 Å². The first-order chi connectivity index (χ1) is 7.13. The molecule has 0 unspecified atom stereocenters. The van der Waals surface area contributed by atoms with Crippen molar-refractivity contribution in [2.24, 2.45) is 0 Å². The minimum atomic E-state index is 0.746. The molecule has 1 aromatic rings. The van der Waals surface area contributed by atoms with Gasteiger partial charge in [-0.3, -0.25) is 0 Å². The molecule has 82 valence electrons. The van der Waals surface area contributed by atoms with Crippen molar-refractivity contribution in [3.8, 4) is 5.75 Å². The van der Waals surface area contributed by atoms with E-state index in [-0.39, 0.29) is 0 Å². The van der Waals surface area contributed by atoms with Gasteiger partial charge in [-0.2, -0.15) is 0 Å². The van der Waals surface area contributed by atoms with Gasteiger partial charge in [0.25, 0.3) is 0 Å². The zero-order valence-corrected chi connectivity index (χ0v) is 11.7. The molecule has 0 saturated heterocycles.